The third kappa shape index (κ3) is 4.83. The summed E-state index contributed by atoms with van der Waals surface area (Å²) in [5, 5.41) is 2.63. The lowest BCUT2D eigenvalue weighted by molar-refractivity contribution is -0.118. The lowest BCUT2D eigenvalue weighted by Gasteiger charge is -2.11. The molecule has 0 aromatic heterocycles. The van der Waals surface area contributed by atoms with Crippen molar-refractivity contribution >= 4 is 29.8 Å². The van der Waals surface area contributed by atoms with Gasteiger partial charge in [-0.05, 0) is 19.1 Å². The highest BCUT2D eigenvalue weighted by Crippen LogP contribution is 2.11. The first-order chi connectivity index (χ1) is 8.04. The lowest BCUT2D eigenvalue weighted by Crippen LogP contribution is -2.39. The molecule has 0 aliphatic rings. The van der Waals surface area contributed by atoms with Gasteiger partial charge >= 0.3 is 0 Å². The Kier molecular flexibility index (Phi) is 7.19. The van der Waals surface area contributed by atoms with E-state index in [9.17, 15) is 9.59 Å². The molecule has 0 saturated heterocycles. The van der Waals surface area contributed by atoms with Crippen LogP contribution in [0.5, 0.6) is 0 Å². The van der Waals surface area contributed by atoms with Crippen LogP contribution in [0.25, 0.3) is 0 Å². The van der Waals surface area contributed by atoms with E-state index < -0.39 is 6.04 Å². The number of rotatable bonds is 5. The van der Waals surface area contributed by atoms with Crippen molar-refractivity contribution in [3.05, 3.63) is 29.8 Å². The van der Waals surface area contributed by atoms with Gasteiger partial charge in [0.1, 0.15) is 6.04 Å². The number of hydrogen-bond acceptors (Lipinski definition) is 4. The van der Waals surface area contributed by atoms with Gasteiger partial charge in [0, 0.05) is 18.4 Å². The van der Waals surface area contributed by atoms with Crippen LogP contribution in [0.4, 0.5) is 5.69 Å². The fourth-order valence-electron chi connectivity index (χ4n) is 1.31. The standard InChI is InChI=1S/C12H16N2O3.ClH/c1-8(15)9-4-3-5-10(6-9)14-12(16)11(13)7-17-2;/h3-6,11H,7,13H2,1-2H3,(H,14,16);1H. The zero-order valence-electron chi connectivity index (χ0n) is 10.3. The molecular weight excluding hydrogens is 256 g/mol. The molecule has 0 aliphatic heterocycles. The molecule has 0 heterocycles. The second-order valence-electron chi connectivity index (χ2n) is 3.69. The molecule has 3 N–H and O–H groups in total. The van der Waals surface area contributed by atoms with Crippen LogP contribution in [0.3, 0.4) is 0 Å². The Bertz CT molecular complexity index is 424. The minimum Gasteiger partial charge on any atom is -0.383 e. The summed E-state index contributed by atoms with van der Waals surface area (Å²) in [5.74, 6) is -0.394. The number of carbonyl (C=O) groups is 2. The number of methoxy groups -OCH3 is 1. The topological polar surface area (TPSA) is 81.4 Å². The summed E-state index contributed by atoms with van der Waals surface area (Å²) in [7, 11) is 1.48. The summed E-state index contributed by atoms with van der Waals surface area (Å²) >= 11 is 0. The molecule has 100 valence electrons. The zero-order chi connectivity index (χ0) is 12.8. The van der Waals surface area contributed by atoms with Gasteiger partial charge in [0.25, 0.3) is 0 Å². The Morgan fingerprint density at radius 1 is 1.44 bits per heavy atom. The van der Waals surface area contributed by atoms with E-state index in [0.717, 1.165) is 0 Å². The molecule has 1 aromatic rings. The van der Waals surface area contributed by atoms with E-state index in [4.69, 9.17) is 10.5 Å². The highest BCUT2D eigenvalue weighted by molar-refractivity contribution is 5.98. The number of nitrogens with two attached hydrogens (primary N) is 1. The van der Waals surface area contributed by atoms with Crippen molar-refractivity contribution < 1.29 is 14.3 Å². The second kappa shape index (κ2) is 7.81. The molecule has 1 unspecified atom stereocenters. The number of nitrogens with one attached hydrogen (secondary N) is 1. The quantitative estimate of drug-likeness (QED) is 0.790. The van der Waals surface area contributed by atoms with Crippen LogP contribution in [0.2, 0.25) is 0 Å². The van der Waals surface area contributed by atoms with E-state index >= 15 is 0 Å². The van der Waals surface area contributed by atoms with E-state index in [1.807, 2.05) is 0 Å². The number of ketones is 1. The van der Waals surface area contributed by atoms with Gasteiger partial charge in [-0.3, -0.25) is 9.59 Å². The van der Waals surface area contributed by atoms with Crippen LogP contribution in [-0.4, -0.2) is 31.4 Å². The van der Waals surface area contributed by atoms with Crippen molar-refractivity contribution in [2.24, 2.45) is 5.73 Å². The molecule has 5 nitrogen and oxygen atoms in total. The van der Waals surface area contributed by atoms with Crippen molar-refractivity contribution in [2.45, 2.75) is 13.0 Å². The molecule has 1 atom stereocenters. The number of amides is 1. The van der Waals surface area contributed by atoms with Crippen molar-refractivity contribution in [1.29, 1.82) is 0 Å². The summed E-state index contributed by atoms with van der Waals surface area (Å²) < 4.78 is 4.78. The van der Waals surface area contributed by atoms with Crippen molar-refractivity contribution in [3.8, 4) is 0 Å². The van der Waals surface area contributed by atoms with E-state index in [1.54, 1.807) is 24.3 Å². The Morgan fingerprint density at radius 3 is 2.67 bits per heavy atom. The van der Waals surface area contributed by atoms with Crippen molar-refractivity contribution in [2.75, 3.05) is 19.0 Å². The SMILES string of the molecule is COCC(N)C(=O)Nc1cccc(C(C)=O)c1.Cl. The van der Waals surface area contributed by atoms with Gasteiger partial charge in [0.05, 0.1) is 6.61 Å². The Labute approximate surface area is 112 Å². The normalized spacial score (nSPS) is 11.3. The summed E-state index contributed by atoms with van der Waals surface area (Å²) in [6.07, 6.45) is 0. The highest BCUT2D eigenvalue weighted by atomic mass is 35.5. The number of ether oxygens (including phenoxy) is 1. The fourth-order valence-corrected chi connectivity index (χ4v) is 1.31. The summed E-state index contributed by atoms with van der Waals surface area (Å²) in [4.78, 5) is 22.7. The molecule has 0 bridgehead atoms. The van der Waals surface area contributed by atoms with E-state index in [0.29, 0.717) is 11.3 Å². The monoisotopic (exact) mass is 272 g/mol. The molecule has 18 heavy (non-hydrogen) atoms. The number of hydrogen-bond donors (Lipinski definition) is 2. The Morgan fingerprint density at radius 2 is 2.11 bits per heavy atom. The van der Waals surface area contributed by atoms with Gasteiger partial charge in [-0.15, -0.1) is 12.4 Å². The number of halogens is 1. The molecule has 0 aliphatic carbocycles. The molecule has 1 amide bonds. The maximum atomic E-state index is 11.6. The molecular formula is C12H17ClN2O3. The average Bonchev–Trinajstić information content (AvgIpc) is 2.29. The molecule has 1 rings (SSSR count). The average molecular weight is 273 g/mol. The molecule has 0 fully saturated rings. The minimum absolute atomic E-state index is 0. The molecule has 0 radical (unpaired) electrons. The van der Waals surface area contributed by atoms with Crippen LogP contribution in [0.1, 0.15) is 17.3 Å². The first-order valence-electron chi connectivity index (χ1n) is 5.21. The number of carbonyl (C=O) groups excluding carboxylic acids is 2. The van der Waals surface area contributed by atoms with E-state index in [-0.39, 0.29) is 30.7 Å². The van der Waals surface area contributed by atoms with Gasteiger partial charge < -0.3 is 15.8 Å². The second-order valence-corrected chi connectivity index (χ2v) is 3.69. The highest BCUT2D eigenvalue weighted by Gasteiger charge is 2.13. The van der Waals surface area contributed by atoms with Gasteiger partial charge in [-0.1, -0.05) is 12.1 Å². The predicted octanol–water partition coefficient (Wildman–Crippen LogP) is 1.22. The van der Waals surface area contributed by atoms with Crippen molar-refractivity contribution in [3.63, 3.8) is 0 Å². The number of anilines is 1. The van der Waals surface area contributed by atoms with Crippen molar-refractivity contribution in [1.82, 2.24) is 0 Å². The lowest BCUT2D eigenvalue weighted by atomic mass is 10.1. The maximum Gasteiger partial charge on any atom is 0.243 e. The molecule has 0 saturated carbocycles. The van der Waals surface area contributed by atoms with Gasteiger partial charge in [-0.25, -0.2) is 0 Å². The summed E-state index contributed by atoms with van der Waals surface area (Å²) in [5.41, 5.74) is 6.66. The smallest absolute Gasteiger partial charge is 0.243 e. The van der Waals surface area contributed by atoms with Crippen LogP contribution < -0.4 is 11.1 Å². The fraction of sp³-hybridized carbons (Fsp3) is 0.333. The first-order valence-corrected chi connectivity index (χ1v) is 5.21. The maximum absolute atomic E-state index is 11.6. The van der Waals surface area contributed by atoms with Crippen LogP contribution in [0.15, 0.2) is 24.3 Å². The Hall–Kier alpha value is -1.43. The minimum atomic E-state index is -0.721. The summed E-state index contributed by atoms with van der Waals surface area (Å²) in [6, 6.07) is 5.98. The summed E-state index contributed by atoms with van der Waals surface area (Å²) in [6.45, 7) is 1.62. The molecule has 6 heteroatoms. The number of benzene rings is 1. The Balaban J connectivity index is 0.00000289. The van der Waals surface area contributed by atoms with Gasteiger partial charge in [0.15, 0.2) is 5.78 Å². The van der Waals surface area contributed by atoms with Gasteiger partial charge in [0.2, 0.25) is 5.91 Å². The molecule has 1 aromatic carbocycles. The third-order valence-corrected chi connectivity index (χ3v) is 2.22. The van der Waals surface area contributed by atoms with Crippen LogP contribution in [0, 0.1) is 0 Å². The molecule has 0 spiro atoms. The zero-order valence-corrected chi connectivity index (χ0v) is 11.1. The first kappa shape index (κ1) is 16.6. The third-order valence-electron chi connectivity index (χ3n) is 2.22. The van der Waals surface area contributed by atoms with E-state index in [1.165, 1.54) is 14.0 Å². The van der Waals surface area contributed by atoms with Crippen LogP contribution >= 0.6 is 12.4 Å². The van der Waals surface area contributed by atoms with Crippen LogP contribution in [-0.2, 0) is 9.53 Å². The van der Waals surface area contributed by atoms with E-state index in [2.05, 4.69) is 5.32 Å². The van der Waals surface area contributed by atoms with Gasteiger partial charge in [-0.2, -0.15) is 0 Å². The largest absolute Gasteiger partial charge is 0.383 e. The number of Topliss-reactive ketones (excluding diaryl/α,β-unsaturated/α-hetero) is 1. The predicted molar refractivity (Wildman–Crippen MR) is 72.2 cm³/mol.